The summed E-state index contributed by atoms with van der Waals surface area (Å²) in [6.07, 6.45) is 2.64. The van der Waals surface area contributed by atoms with E-state index in [-0.39, 0.29) is 29.9 Å². The van der Waals surface area contributed by atoms with Crippen LogP contribution in [-0.2, 0) is 4.79 Å². The largest absolute Gasteiger partial charge is 0.492 e. The van der Waals surface area contributed by atoms with Gasteiger partial charge in [0.05, 0.1) is 6.54 Å². The van der Waals surface area contributed by atoms with E-state index in [9.17, 15) is 4.79 Å². The lowest BCUT2D eigenvalue weighted by molar-refractivity contribution is -0.121. The van der Waals surface area contributed by atoms with Crippen molar-refractivity contribution >= 4 is 47.4 Å². The molecule has 1 aromatic carbocycles. The first-order chi connectivity index (χ1) is 12.6. The molecular formula is C19H30ClIN4O2. The van der Waals surface area contributed by atoms with Gasteiger partial charge in [-0.15, -0.1) is 24.0 Å². The maximum absolute atomic E-state index is 11.5. The SMILES string of the molecule is CCNC(=NCCOc1cccc(Cl)c1)N1CCC(CC(=O)NC)CC1.I. The third kappa shape index (κ3) is 8.55. The topological polar surface area (TPSA) is 66.0 Å². The minimum atomic E-state index is 0. The first-order valence-electron chi connectivity index (χ1n) is 9.24. The van der Waals surface area contributed by atoms with Crippen molar-refractivity contribution in [1.29, 1.82) is 0 Å². The van der Waals surface area contributed by atoms with Gasteiger partial charge in [-0.3, -0.25) is 4.79 Å². The maximum atomic E-state index is 11.5. The van der Waals surface area contributed by atoms with E-state index in [1.165, 1.54) is 0 Å². The molecule has 1 heterocycles. The van der Waals surface area contributed by atoms with E-state index < -0.39 is 0 Å². The number of halogens is 2. The van der Waals surface area contributed by atoms with E-state index in [1.807, 2.05) is 18.2 Å². The fourth-order valence-corrected chi connectivity index (χ4v) is 3.19. The molecule has 1 fully saturated rings. The molecule has 0 spiro atoms. The van der Waals surface area contributed by atoms with E-state index in [2.05, 4.69) is 27.4 Å². The second kappa shape index (κ2) is 13.0. The van der Waals surface area contributed by atoms with Gasteiger partial charge in [-0.25, -0.2) is 4.99 Å². The van der Waals surface area contributed by atoms with Crippen molar-refractivity contribution in [1.82, 2.24) is 15.5 Å². The zero-order chi connectivity index (χ0) is 18.8. The molecule has 0 unspecified atom stereocenters. The molecule has 1 saturated heterocycles. The van der Waals surface area contributed by atoms with Crippen molar-refractivity contribution in [3.8, 4) is 5.75 Å². The summed E-state index contributed by atoms with van der Waals surface area (Å²) in [5, 5.41) is 6.72. The highest BCUT2D eigenvalue weighted by molar-refractivity contribution is 14.0. The number of nitrogens with zero attached hydrogens (tertiary/aromatic N) is 2. The number of piperidine rings is 1. The van der Waals surface area contributed by atoms with Crippen LogP contribution in [0.1, 0.15) is 26.2 Å². The van der Waals surface area contributed by atoms with Gasteiger partial charge in [0, 0.05) is 38.1 Å². The van der Waals surface area contributed by atoms with Crippen LogP contribution in [0, 0.1) is 5.92 Å². The van der Waals surface area contributed by atoms with Crippen LogP contribution >= 0.6 is 35.6 Å². The number of nitrogens with one attached hydrogen (secondary N) is 2. The Bertz CT molecular complexity index is 607. The molecule has 152 valence electrons. The second-order valence-electron chi connectivity index (χ2n) is 6.35. The number of hydrogen-bond donors (Lipinski definition) is 2. The van der Waals surface area contributed by atoms with E-state index >= 15 is 0 Å². The van der Waals surface area contributed by atoms with Crippen LogP contribution in [0.2, 0.25) is 5.02 Å². The number of rotatable bonds is 7. The normalized spacial score (nSPS) is 15.1. The Hall–Kier alpha value is -1.22. The standard InChI is InChI=1S/C19H29ClN4O2.HI/c1-3-22-19(23-9-12-26-17-6-4-5-16(20)14-17)24-10-7-15(8-11-24)13-18(25)21-2;/h4-6,14-15H,3,7-13H2,1-2H3,(H,21,25)(H,22,23);1H. The first-order valence-corrected chi connectivity index (χ1v) is 9.62. The molecule has 0 bridgehead atoms. The summed E-state index contributed by atoms with van der Waals surface area (Å²) in [7, 11) is 1.69. The molecule has 0 aromatic heterocycles. The molecule has 0 saturated carbocycles. The lowest BCUT2D eigenvalue weighted by Crippen LogP contribution is -2.46. The average molecular weight is 509 g/mol. The van der Waals surface area contributed by atoms with Crippen molar-refractivity contribution in [2.75, 3.05) is 39.8 Å². The Morgan fingerprint density at radius 1 is 1.37 bits per heavy atom. The number of benzene rings is 1. The van der Waals surface area contributed by atoms with Gasteiger partial charge in [-0.1, -0.05) is 17.7 Å². The van der Waals surface area contributed by atoms with Gasteiger partial charge in [-0.2, -0.15) is 0 Å². The monoisotopic (exact) mass is 508 g/mol. The number of likely N-dealkylation sites (tertiary alicyclic amines) is 1. The lowest BCUT2D eigenvalue weighted by atomic mass is 9.93. The molecule has 2 N–H and O–H groups in total. The van der Waals surface area contributed by atoms with Crippen molar-refractivity contribution in [2.24, 2.45) is 10.9 Å². The summed E-state index contributed by atoms with van der Waals surface area (Å²) in [4.78, 5) is 18.5. The van der Waals surface area contributed by atoms with Crippen LogP contribution in [-0.4, -0.2) is 56.6 Å². The zero-order valence-electron chi connectivity index (χ0n) is 16.0. The summed E-state index contributed by atoms with van der Waals surface area (Å²) >= 11 is 5.95. The summed E-state index contributed by atoms with van der Waals surface area (Å²) in [6.45, 7) is 5.81. The molecule has 1 amide bonds. The highest BCUT2D eigenvalue weighted by Crippen LogP contribution is 2.20. The van der Waals surface area contributed by atoms with Crippen LogP contribution in [0.25, 0.3) is 0 Å². The number of aliphatic imine (C=N–C) groups is 1. The Morgan fingerprint density at radius 3 is 2.74 bits per heavy atom. The molecule has 0 radical (unpaired) electrons. The van der Waals surface area contributed by atoms with E-state index in [1.54, 1.807) is 13.1 Å². The second-order valence-corrected chi connectivity index (χ2v) is 6.79. The summed E-state index contributed by atoms with van der Waals surface area (Å²) in [5.74, 6) is 2.26. The Balaban J connectivity index is 0.00000364. The molecule has 27 heavy (non-hydrogen) atoms. The average Bonchev–Trinajstić information content (AvgIpc) is 2.65. The molecule has 1 aliphatic rings. The number of carbonyl (C=O) groups is 1. The third-order valence-electron chi connectivity index (χ3n) is 4.42. The summed E-state index contributed by atoms with van der Waals surface area (Å²) in [5.41, 5.74) is 0. The summed E-state index contributed by atoms with van der Waals surface area (Å²) in [6, 6.07) is 7.38. The van der Waals surface area contributed by atoms with Gasteiger partial charge in [0.1, 0.15) is 12.4 Å². The highest BCUT2D eigenvalue weighted by atomic mass is 127. The number of hydrogen-bond acceptors (Lipinski definition) is 3. The lowest BCUT2D eigenvalue weighted by Gasteiger charge is -2.34. The Kier molecular flexibility index (Phi) is 11.5. The molecule has 6 nitrogen and oxygen atoms in total. The number of amides is 1. The maximum Gasteiger partial charge on any atom is 0.220 e. The smallest absolute Gasteiger partial charge is 0.220 e. The number of ether oxygens (including phenoxy) is 1. The molecule has 2 rings (SSSR count). The quantitative estimate of drug-likeness (QED) is 0.257. The molecule has 8 heteroatoms. The highest BCUT2D eigenvalue weighted by Gasteiger charge is 2.22. The van der Waals surface area contributed by atoms with Crippen molar-refractivity contribution in [3.05, 3.63) is 29.3 Å². The molecule has 0 atom stereocenters. The zero-order valence-corrected chi connectivity index (χ0v) is 19.1. The van der Waals surface area contributed by atoms with Crippen LogP contribution in [0.5, 0.6) is 5.75 Å². The summed E-state index contributed by atoms with van der Waals surface area (Å²) < 4.78 is 5.69. The fraction of sp³-hybridized carbons (Fsp3) is 0.579. The van der Waals surface area contributed by atoms with Crippen LogP contribution in [0.4, 0.5) is 0 Å². The van der Waals surface area contributed by atoms with Crippen molar-refractivity contribution in [2.45, 2.75) is 26.2 Å². The fourth-order valence-electron chi connectivity index (χ4n) is 3.01. The third-order valence-corrected chi connectivity index (χ3v) is 4.65. The van der Waals surface area contributed by atoms with Crippen LogP contribution in [0.15, 0.2) is 29.3 Å². The van der Waals surface area contributed by atoms with Gasteiger partial charge in [0.15, 0.2) is 5.96 Å². The molecular weight excluding hydrogens is 479 g/mol. The molecule has 0 aliphatic carbocycles. The minimum Gasteiger partial charge on any atom is -0.492 e. The minimum absolute atomic E-state index is 0. The Labute approximate surface area is 184 Å². The van der Waals surface area contributed by atoms with Gasteiger partial charge >= 0.3 is 0 Å². The van der Waals surface area contributed by atoms with Crippen LogP contribution in [0.3, 0.4) is 0 Å². The number of carbonyl (C=O) groups excluding carboxylic acids is 1. The van der Waals surface area contributed by atoms with E-state index in [0.29, 0.717) is 30.5 Å². The van der Waals surface area contributed by atoms with E-state index in [4.69, 9.17) is 16.3 Å². The van der Waals surface area contributed by atoms with Crippen molar-refractivity contribution in [3.63, 3.8) is 0 Å². The molecule has 1 aromatic rings. The Morgan fingerprint density at radius 2 is 2.11 bits per heavy atom. The van der Waals surface area contributed by atoms with Gasteiger partial charge in [0.25, 0.3) is 0 Å². The van der Waals surface area contributed by atoms with Gasteiger partial charge in [-0.05, 0) is 43.9 Å². The van der Waals surface area contributed by atoms with E-state index in [0.717, 1.165) is 44.2 Å². The molecule has 1 aliphatic heterocycles. The number of guanidine groups is 1. The van der Waals surface area contributed by atoms with Gasteiger partial charge in [0.2, 0.25) is 5.91 Å². The first kappa shape index (κ1) is 23.8. The van der Waals surface area contributed by atoms with Gasteiger partial charge < -0.3 is 20.3 Å². The van der Waals surface area contributed by atoms with Crippen LogP contribution < -0.4 is 15.4 Å². The van der Waals surface area contributed by atoms with Crippen molar-refractivity contribution < 1.29 is 9.53 Å². The predicted molar refractivity (Wildman–Crippen MR) is 121 cm³/mol. The predicted octanol–water partition coefficient (Wildman–Crippen LogP) is 3.15.